The van der Waals surface area contributed by atoms with Gasteiger partial charge in [-0.2, -0.15) is 11.8 Å². The molecule has 0 radical (unpaired) electrons. The van der Waals surface area contributed by atoms with E-state index in [0.29, 0.717) is 0 Å². The molecular formula is C11H18N2S. The maximum Gasteiger partial charge on any atom is 0.0603 e. The summed E-state index contributed by atoms with van der Waals surface area (Å²) in [6, 6.07) is 4.05. The molecular weight excluding hydrogens is 192 g/mol. The normalized spacial score (nSPS) is 10.1. The molecule has 0 spiro atoms. The monoisotopic (exact) mass is 210 g/mol. The number of unbranched alkanes of at least 4 members (excludes halogenated alkanes) is 1. The van der Waals surface area contributed by atoms with Gasteiger partial charge in [-0.3, -0.25) is 4.98 Å². The summed E-state index contributed by atoms with van der Waals surface area (Å²) < 4.78 is 0. The van der Waals surface area contributed by atoms with Crippen molar-refractivity contribution in [1.29, 1.82) is 0 Å². The first-order valence-electron chi connectivity index (χ1n) is 4.99. The van der Waals surface area contributed by atoms with Crippen molar-refractivity contribution in [2.24, 2.45) is 0 Å². The highest BCUT2D eigenvalue weighted by molar-refractivity contribution is 7.98. The maximum absolute atomic E-state index is 4.23. The standard InChI is InChI=1S/C11H18N2S/c1-10-11(6-5-8-12-10)13-7-3-4-9-14-2/h5-6,8,13H,3-4,7,9H2,1-2H3. The molecule has 0 unspecified atom stereocenters. The van der Waals surface area contributed by atoms with Gasteiger partial charge in [-0.15, -0.1) is 0 Å². The Hall–Kier alpha value is -0.700. The van der Waals surface area contributed by atoms with E-state index in [0.717, 1.165) is 17.9 Å². The number of aryl methyl sites for hydroxylation is 1. The fourth-order valence-electron chi connectivity index (χ4n) is 1.27. The highest BCUT2D eigenvalue weighted by atomic mass is 32.2. The third-order valence-corrected chi connectivity index (χ3v) is 2.79. The number of aromatic nitrogens is 1. The van der Waals surface area contributed by atoms with E-state index in [-0.39, 0.29) is 0 Å². The third kappa shape index (κ3) is 4.01. The predicted octanol–water partition coefficient (Wildman–Crippen LogP) is 2.95. The lowest BCUT2D eigenvalue weighted by Gasteiger charge is -2.07. The summed E-state index contributed by atoms with van der Waals surface area (Å²) in [6.07, 6.45) is 6.50. The topological polar surface area (TPSA) is 24.9 Å². The minimum Gasteiger partial charge on any atom is -0.384 e. The molecule has 0 aromatic carbocycles. The van der Waals surface area contributed by atoms with Crippen LogP contribution in [0.5, 0.6) is 0 Å². The highest BCUT2D eigenvalue weighted by Gasteiger charge is 1.95. The summed E-state index contributed by atoms with van der Waals surface area (Å²) in [4.78, 5) is 4.23. The Morgan fingerprint density at radius 3 is 3.00 bits per heavy atom. The highest BCUT2D eigenvalue weighted by Crippen LogP contribution is 2.10. The van der Waals surface area contributed by atoms with Crippen LogP contribution >= 0.6 is 11.8 Å². The van der Waals surface area contributed by atoms with Gasteiger partial charge in [0.15, 0.2) is 0 Å². The molecule has 0 saturated heterocycles. The molecule has 2 nitrogen and oxygen atoms in total. The molecule has 0 aliphatic carbocycles. The molecule has 14 heavy (non-hydrogen) atoms. The van der Waals surface area contributed by atoms with Gasteiger partial charge in [-0.25, -0.2) is 0 Å². The van der Waals surface area contributed by atoms with E-state index in [1.165, 1.54) is 18.6 Å². The van der Waals surface area contributed by atoms with Gasteiger partial charge in [0, 0.05) is 12.7 Å². The molecule has 0 atom stereocenters. The third-order valence-electron chi connectivity index (χ3n) is 2.10. The molecule has 0 saturated carbocycles. The van der Waals surface area contributed by atoms with Crippen molar-refractivity contribution in [2.45, 2.75) is 19.8 Å². The van der Waals surface area contributed by atoms with Crippen LogP contribution in [-0.4, -0.2) is 23.5 Å². The number of hydrogen-bond donors (Lipinski definition) is 1. The van der Waals surface area contributed by atoms with Gasteiger partial charge in [0.05, 0.1) is 11.4 Å². The van der Waals surface area contributed by atoms with E-state index in [1.807, 2.05) is 30.9 Å². The molecule has 1 heterocycles. The van der Waals surface area contributed by atoms with Crippen molar-refractivity contribution in [3.63, 3.8) is 0 Å². The van der Waals surface area contributed by atoms with Crippen molar-refractivity contribution in [3.8, 4) is 0 Å². The van der Waals surface area contributed by atoms with Gasteiger partial charge in [-0.05, 0) is 43.9 Å². The Bertz CT molecular complexity index is 263. The molecule has 1 rings (SSSR count). The van der Waals surface area contributed by atoms with Crippen LogP contribution in [-0.2, 0) is 0 Å². The second-order valence-corrected chi connectivity index (χ2v) is 4.25. The average Bonchev–Trinajstić information content (AvgIpc) is 2.20. The minimum atomic E-state index is 1.05. The predicted molar refractivity (Wildman–Crippen MR) is 65.1 cm³/mol. The van der Waals surface area contributed by atoms with Crippen LogP contribution in [0.2, 0.25) is 0 Å². The molecule has 1 N–H and O–H groups in total. The number of thioether (sulfide) groups is 1. The second kappa shape index (κ2) is 6.71. The van der Waals surface area contributed by atoms with E-state index in [1.54, 1.807) is 0 Å². The minimum absolute atomic E-state index is 1.05. The van der Waals surface area contributed by atoms with Gasteiger partial charge in [-0.1, -0.05) is 0 Å². The van der Waals surface area contributed by atoms with Crippen molar-refractivity contribution in [2.75, 3.05) is 23.9 Å². The largest absolute Gasteiger partial charge is 0.384 e. The van der Waals surface area contributed by atoms with Crippen LogP contribution in [0.15, 0.2) is 18.3 Å². The van der Waals surface area contributed by atoms with Crippen molar-refractivity contribution >= 4 is 17.4 Å². The molecule has 3 heteroatoms. The Labute approximate surface area is 90.5 Å². The zero-order valence-corrected chi connectivity index (χ0v) is 9.73. The first-order chi connectivity index (χ1) is 6.84. The fraction of sp³-hybridized carbons (Fsp3) is 0.545. The van der Waals surface area contributed by atoms with Crippen molar-refractivity contribution in [3.05, 3.63) is 24.0 Å². The lowest BCUT2D eigenvalue weighted by molar-refractivity contribution is 0.841. The Morgan fingerprint density at radius 1 is 1.43 bits per heavy atom. The first kappa shape index (κ1) is 11.4. The average molecular weight is 210 g/mol. The zero-order valence-electron chi connectivity index (χ0n) is 8.92. The van der Waals surface area contributed by atoms with E-state index in [9.17, 15) is 0 Å². The Morgan fingerprint density at radius 2 is 2.29 bits per heavy atom. The first-order valence-corrected chi connectivity index (χ1v) is 6.38. The number of hydrogen-bond acceptors (Lipinski definition) is 3. The number of nitrogens with one attached hydrogen (secondary N) is 1. The zero-order chi connectivity index (χ0) is 10.2. The fourth-order valence-corrected chi connectivity index (χ4v) is 1.76. The Balaban J connectivity index is 2.21. The SMILES string of the molecule is CSCCCCNc1cccnc1C. The number of nitrogens with zero attached hydrogens (tertiary/aromatic N) is 1. The van der Waals surface area contributed by atoms with E-state index < -0.39 is 0 Å². The van der Waals surface area contributed by atoms with Crippen LogP contribution in [0, 0.1) is 6.92 Å². The second-order valence-electron chi connectivity index (χ2n) is 3.26. The number of rotatable bonds is 6. The van der Waals surface area contributed by atoms with E-state index in [2.05, 4.69) is 22.6 Å². The molecule has 0 aliphatic rings. The van der Waals surface area contributed by atoms with Crippen molar-refractivity contribution < 1.29 is 0 Å². The summed E-state index contributed by atoms with van der Waals surface area (Å²) in [5.74, 6) is 1.26. The molecule has 0 bridgehead atoms. The number of anilines is 1. The molecule has 0 aliphatic heterocycles. The van der Waals surface area contributed by atoms with Gasteiger partial charge in [0.2, 0.25) is 0 Å². The molecule has 1 aromatic heterocycles. The summed E-state index contributed by atoms with van der Waals surface area (Å²) in [5, 5.41) is 3.40. The van der Waals surface area contributed by atoms with E-state index >= 15 is 0 Å². The quantitative estimate of drug-likeness (QED) is 0.731. The lowest BCUT2D eigenvalue weighted by Crippen LogP contribution is -2.03. The van der Waals surface area contributed by atoms with Gasteiger partial charge in [0.1, 0.15) is 0 Å². The summed E-state index contributed by atoms with van der Waals surface area (Å²) in [7, 11) is 0. The maximum atomic E-state index is 4.23. The van der Waals surface area contributed by atoms with Crippen LogP contribution < -0.4 is 5.32 Å². The Kier molecular flexibility index (Phi) is 5.45. The molecule has 78 valence electrons. The lowest BCUT2D eigenvalue weighted by atomic mass is 10.3. The van der Waals surface area contributed by atoms with Crippen LogP contribution in [0.25, 0.3) is 0 Å². The molecule has 1 aromatic rings. The van der Waals surface area contributed by atoms with Gasteiger partial charge < -0.3 is 5.32 Å². The van der Waals surface area contributed by atoms with Gasteiger partial charge >= 0.3 is 0 Å². The van der Waals surface area contributed by atoms with E-state index in [4.69, 9.17) is 0 Å². The van der Waals surface area contributed by atoms with Crippen LogP contribution in [0.4, 0.5) is 5.69 Å². The smallest absolute Gasteiger partial charge is 0.0603 e. The molecule has 0 fully saturated rings. The van der Waals surface area contributed by atoms with Gasteiger partial charge in [0.25, 0.3) is 0 Å². The summed E-state index contributed by atoms with van der Waals surface area (Å²) >= 11 is 1.91. The number of pyridine rings is 1. The summed E-state index contributed by atoms with van der Waals surface area (Å²) in [5.41, 5.74) is 2.24. The summed E-state index contributed by atoms with van der Waals surface area (Å²) in [6.45, 7) is 3.08. The van der Waals surface area contributed by atoms with Crippen molar-refractivity contribution in [1.82, 2.24) is 4.98 Å². The van der Waals surface area contributed by atoms with Crippen LogP contribution in [0.1, 0.15) is 18.5 Å². The molecule has 0 amide bonds. The van der Waals surface area contributed by atoms with Crippen LogP contribution in [0.3, 0.4) is 0 Å².